The lowest BCUT2D eigenvalue weighted by Gasteiger charge is -2.00. The van der Waals surface area contributed by atoms with E-state index in [0.717, 1.165) is 31.8 Å². The first kappa shape index (κ1) is 10.2. The molecule has 0 saturated carbocycles. The third-order valence-corrected chi connectivity index (χ3v) is 1.71. The highest BCUT2D eigenvalue weighted by atomic mass is 32.2. The van der Waals surface area contributed by atoms with Crippen LogP contribution in [0.25, 0.3) is 0 Å². The molecule has 0 aliphatic carbocycles. The van der Waals surface area contributed by atoms with Gasteiger partial charge in [-0.05, 0) is 25.0 Å². The zero-order valence-corrected chi connectivity index (χ0v) is 7.25. The summed E-state index contributed by atoms with van der Waals surface area (Å²) in [6, 6.07) is 0. The average molecular weight is 164 g/mol. The van der Waals surface area contributed by atoms with Gasteiger partial charge in [-0.15, -0.1) is 0 Å². The van der Waals surface area contributed by atoms with Crippen LogP contribution in [0.1, 0.15) is 6.42 Å². The van der Waals surface area contributed by atoms with Gasteiger partial charge in [-0.25, -0.2) is 0 Å². The quantitative estimate of drug-likeness (QED) is 0.417. The zero-order chi connectivity index (χ0) is 7.66. The fraction of sp³-hybridized carbons (Fsp3) is 1.00. The van der Waals surface area contributed by atoms with Gasteiger partial charge in [0.05, 0.1) is 7.11 Å². The maximum Gasteiger partial charge on any atom is 0.0503 e. The largest absolute Gasteiger partial charge is 0.329 e. The summed E-state index contributed by atoms with van der Waals surface area (Å²) in [6.07, 6.45) is 1.14. The summed E-state index contributed by atoms with van der Waals surface area (Å²) in [7, 11) is 1.69. The predicted octanol–water partition coefficient (Wildman–Crippen LogP) is 0.219. The van der Waals surface area contributed by atoms with Crippen LogP contribution >= 0.6 is 12.0 Å². The number of rotatable bonds is 7. The van der Waals surface area contributed by atoms with Crippen molar-refractivity contribution in [3.05, 3.63) is 0 Å². The average Bonchev–Trinajstić information content (AvgIpc) is 1.97. The Morgan fingerprint density at radius 3 is 2.90 bits per heavy atom. The molecule has 0 amide bonds. The third kappa shape index (κ3) is 8.23. The SMILES string of the molecule is COSCCCNCCN. The van der Waals surface area contributed by atoms with Gasteiger partial charge in [0.15, 0.2) is 0 Å². The standard InChI is InChI=1S/C6H16N2OS/c1-9-10-6-2-4-8-5-3-7/h8H,2-7H2,1H3. The Morgan fingerprint density at radius 2 is 2.30 bits per heavy atom. The van der Waals surface area contributed by atoms with Gasteiger partial charge in [0.2, 0.25) is 0 Å². The molecule has 0 saturated heterocycles. The van der Waals surface area contributed by atoms with Gasteiger partial charge in [0.25, 0.3) is 0 Å². The van der Waals surface area contributed by atoms with Crippen LogP contribution in [-0.2, 0) is 4.18 Å². The molecule has 0 aliphatic rings. The van der Waals surface area contributed by atoms with Gasteiger partial charge in [-0.1, -0.05) is 0 Å². The van der Waals surface area contributed by atoms with E-state index in [-0.39, 0.29) is 0 Å². The highest BCUT2D eigenvalue weighted by Crippen LogP contribution is 1.99. The molecule has 0 fully saturated rings. The molecule has 0 spiro atoms. The van der Waals surface area contributed by atoms with Crippen LogP contribution in [0, 0.1) is 0 Å². The highest BCUT2D eigenvalue weighted by molar-refractivity contribution is 7.94. The molecule has 0 unspecified atom stereocenters. The minimum absolute atomic E-state index is 0.720. The van der Waals surface area contributed by atoms with Crippen molar-refractivity contribution in [3.63, 3.8) is 0 Å². The van der Waals surface area contributed by atoms with Gasteiger partial charge in [-0.2, -0.15) is 0 Å². The van der Waals surface area contributed by atoms with E-state index in [4.69, 9.17) is 9.92 Å². The molecular formula is C6H16N2OS. The maximum absolute atomic E-state index is 5.28. The Hall–Kier alpha value is 0.230. The number of hydrogen-bond acceptors (Lipinski definition) is 4. The van der Waals surface area contributed by atoms with Crippen LogP contribution in [0.15, 0.2) is 0 Å². The summed E-state index contributed by atoms with van der Waals surface area (Å²) in [5, 5.41) is 3.20. The summed E-state index contributed by atoms with van der Waals surface area (Å²) in [6.45, 7) is 2.67. The van der Waals surface area contributed by atoms with Crippen LogP contribution < -0.4 is 11.1 Å². The van der Waals surface area contributed by atoms with E-state index in [1.54, 1.807) is 7.11 Å². The van der Waals surface area contributed by atoms with Crippen molar-refractivity contribution in [1.82, 2.24) is 5.32 Å². The first-order chi connectivity index (χ1) is 4.91. The van der Waals surface area contributed by atoms with E-state index in [1.807, 2.05) is 0 Å². The molecule has 0 rings (SSSR count). The molecule has 0 aromatic rings. The Balaban J connectivity index is 2.65. The summed E-state index contributed by atoms with van der Waals surface area (Å²) in [4.78, 5) is 0. The van der Waals surface area contributed by atoms with E-state index < -0.39 is 0 Å². The maximum atomic E-state index is 5.28. The lowest BCUT2D eigenvalue weighted by molar-refractivity contribution is 0.488. The number of hydrogen-bond donors (Lipinski definition) is 2. The topological polar surface area (TPSA) is 47.3 Å². The van der Waals surface area contributed by atoms with Crippen molar-refractivity contribution in [3.8, 4) is 0 Å². The smallest absolute Gasteiger partial charge is 0.0503 e. The first-order valence-electron chi connectivity index (χ1n) is 3.48. The summed E-state index contributed by atoms with van der Waals surface area (Å²) < 4.78 is 4.81. The number of nitrogens with two attached hydrogens (primary N) is 1. The molecule has 0 aliphatic heterocycles. The van der Waals surface area contributed by atoms with Gasteiger partial charge in [0.1, 0.15) is 0 Å². The molecule has 3 nitrogen and oxygen atoms in total. The fourth-order valence-electron chi connectivity index (χ4n) is 0.566. The van der Waals surface area contributed by atoms with Crippen molar-refractivity contribution in [2.75, 3.05) is 32.5 Å². The van der Waals surface area contributed by atoms with Crippen LogP contribution in [0.2, 0.25) is 0 Å². The molecule has 0 radical (unpaired) electrons. The van der Waals surface area contributed by atoms with Crippen molar-refractivity contribution in [2.24, 2.45) is 5.73 Å². The van der Waals surface area contributed by atoms with E-state index in [9.17, 15) is 0 Å². The number of nitrogens with one attached hydrogen (secondary N) is 1. The van der Waals surface area contributed by atoms with E-state index >= 15 is 0 Å². The van der Waals surface area contributed by atoms with Crippen molar-refractivity contribution < 1.29 is 4.18 Å². The van der Waals surface area contributed by atoms with E-state index in [1.165, 1.54) is 12.0 Å². The Kier molecular flexibility index (Phi) is 9.44. The highest BCUT2D eigenvalue weighted by Gasteiger charge is 1.86. The minimum atomic E-state index is 0.720. The van der Waals surface area contributed by atoms with Crippen molar-refractivity contribution in [1.29, 1.82) is 0 Å². The van der Waals surface area contributed by atoms with E-state index in [2.05, 4.69) is 5.32 Å². The predicted molar refractivity (Wildman–Crippen MR) is 46.0 cm³/mol. The van der Waals surface area contributed by atoms with Gasteiger partial charge < -0.3 is 15.2 Å². The van der Waals surface area contributed by atoms with E-state index in [0.29, 0.717) is 0 Å². The molecule has 4 heteroatoms. The molecule has 0 aromatic carbocycles. The van der Waals surface area contributed by atoms with Crippen LogP contribution in [0.5, 0.6) is 0 Å². The van der Waals surface area contributed by atoms with Crippen LogP contribution in [0.4, 0.5) is 0 Å². The summed E-state index contributed by atoms with van der Waals surface area (Å²) in [5.41, 5.74) is 5.28. The normalized spacial score (nSPS) is 10.2. The molecule has 0 bridgehead atoms. The summed E-state index contributed by atoms with van der Waals surface area (Å²) in [5.74, 6) is 1.05. The van der Waals surface area contributed by atoms with Gasteiger partial charge in [-0.3, -0.25) is 0 Å². The van der Waals surface area contributed by atoms with Gasteiger partial charge in [0, 0.05) is 18.8 Å². The van der Waals surface area contributed by atoms with Crippen LogP contribution in [0.3, 0.4) is 0 Å². The van der Waals surface area contributed by atoms with Crippen molar-refractivity contribution >= 4 is 12.0 Å². The second-order valence-electron chi connectivity index (χ2n) is 1.88. The molecule has 62 valence electrons. The molecule has 0 heterocycles. The Labute approximate surface area is 66.9 Å². The Bertz CT molecular complexity index is 55.7. The fourth-order valence-corrected chi connectivity index (χ4v) is 0.995. The lowest BCUT2D eigenvalue weighted by Crippen LogP contribution is -2.23. The molecular weight excluding hydrogens is 148 g/mol. The van der Waals surface area contributed by atoms with Gasteiger partial charge >= 0.3 is 0 Å². The first-order valence-corrected chi connectivity index (χ1v) is 4.39. The summed E-state index contributed by atoms with van der Waals surface area (Å²) >= 11 is 1.49. The minimum Gasteiger partial charge on any atom is -0.329 e. The molecule has 3 N–H and O–H groups in total. The molecule has 0 aromatic heterocycles. The zero-order valence-electron chi connectivity index (χ0n) is 6.43. The monoisotopic (exact) mass is 164 g/mol. The molecule has 10 heavy (non-hydrogen) atoms. The lowest BCUT2D eigenvalue weighted by atomic mass is 10.5. The second kappa shape index (κ2) is 9.23. The molecule has 0 atom stereocenters. The Morgan fingerprint density at radius 1 is 1.50 bits per heavy atom. The van der Waals surface area contributed by atoms with Crippen LogP contribution in [-0.4, -0.2) is 32.5 Å². The second-order valence-corrected chi connectivity index (χ2v) is 2.86. The third-order valence-electron chi connectivity index (χ3n) is 1.02. The van der Waals surface area contributed by atoms with Crippen molar-refractivity contribution in [2.45, 2.75) is 6.42 Å².